The molecule has 19 heavy (non-hydrogen) atoms. The van der Waals surface area contributed by atoms with Crippen molar-refractivity contribution in [1.29, 1.82) is 0 Å². The van der Waals surface area contributed by atoms with Gasteiger partial charge in [0.1, 0.15) is 12.0 Å². The third-order valence-electron chi connectivity index (χ3n) is 2.35. The summed E-state index contributed by atoms with van der Waals surface area (Å²) in [6, 6.07) is 4.06. The van der Waals surface area contributed by atoms with E-state index in [2.05, 4.69) is 31.2 Å². The summed E-state index contributed by atoms with van der Waals surface area (Å²) < 4.78 is 6.57. The number of hydrogen-bond donors (Lipinski definition) is 2. The van der Waals surface area contributed by atoms with Crippen LogP contribution in [0.2, 0.25) is 0 Å². The maximum absolute atomic E-state index is 5.98. The molecule has 0 aromatic carbocycles. The highest BCUT2D eigenvalue weighted by Gasteiger charge is 2.09. The zero-order valence-electron chi connectivity index (χ0n) is 10.5. The van der Waals surface area contributed by atoms with Gasteiger partial charge >= 0.3 is 0 Å². The first kappa shape index (κ1) is 14.1. The quantitative estimate of drug-likeness (QED) is 0.842. The number of thiophene rings is 1. The Morgan fingerprint density at radius 1 is 1.42 bits per heavy atom. The van der Waals surface area contributed by atoms with Gasteiger partial charge in [-0.1, -0.05) is 6.92 Å². The highest BCUT2D eigenvalue weighted by Crippen LogP contribution is 2.27. The molecule has 0 unspecified atom stereocenters. The van der Waals surface area contributed by atoms with Gasteiger partial charge in [0.15, 0.2) is 5.82 Å². The van der Waals surface area contributed by atoms with Crippen molar-refractivity contribution in [2.45, 2.75) is 19.9 Å². The summed E-state index contributed by atoms with van der Waals surface area (Å²) in [5.41, 5.74) is 6.43. The van der Waals surface area contributed by atoms with Crippen molar-refractivity contribution in [2.75, 3.05) is 17.7 Å². The average molecular weight is 343 g/mol. The second-order valence-corrected chi connectivity index (χ2v) is 6.40. The number of nitrogen functional groups attached to an aromatic ring is 1. The van der Waals surface area contributed by atoms with Crippen LogP contribution < -0.4 is 15.8 Å². The first-order valence-corrected chi connectivity index (χ1v) is 7.53. The minimum absolute atomic E-state index is 0.437. The van der Waals surface area contributed by atoms with Crippen LogP contribution in [0.25, 0.3) is 0 Å². The third-order valence-corrected chi connectivity index (χ3v) is 3.97. The molecule has 0 spiro atoms. The topological polar surface area (TPSA) is 73.1 Å². The minimum Gasteiger partial charge on any atom is -0.476 e. The van der Waals surface area contributed by atoms with Crippen LogP contribution >= 0.6 is 27.3 Å². The highest BCUT2D eigenvalue weighted by atomic mass is 79.9. The molecule has 2 rings (SSSR count). The zero-order valence-corrected chi connectivity index (χ0v) is 12.9. The van der Waals surface area contributed by atoms with Gasteiger partial charge < -0.3 is 15.8 Å². The Labute approximate surface area is 124 Å². The van der Waals surface area contributed by atoms with Crippen molar-refractivity contribution in [3.63, 3.8) is 0 Å². The van der Waals surface area contributed by atoms with Gasteiger partial charge in [0.25, 0.3) is 0 Å². The molecule has 0 atom stereocenters. The van der Waals surface area contributed by atoms with Crippen LogP contribution in [0.15, 0.2) is 22.2 Å². The van der Waals surface area contributed by atoms with Gasteiger partial charge in [-0.3, -0.25) is 0 Å². The summed E-state index contributed by atoms with van der Waals surface area (Å²) in [5, 5.41) is 3.19. The van der Waals surface area contributed by atoms with Crippen molar-refractivity contribution in [1.82, 2.24) is 9.97 Å². The highest BCUT2D eigenvalue weighted by molar-refractivity contribution is 9.11. The van der Waals surface area contributed by atoms with Crippen LogP contribution in [0.3, 0.4) is 0 Å². The van der Waals surface area contributed by atoms with E-state index in [0.717, 1.165) is 10.2 Å². The average Bonchev–Trinajstić information content (AvgIpc) is 2.82. The molecule has 0 amide bonds. The molecule has 0 fully saturated rings. The van der Waals surface area contributed by atoms with Crippen molar-refractivity contribution >= 4 is 38.8 Å². The van der Waals surface area contributed by atoms with Crippen LogP contribution in [0.1, 0.15) is 18.2 Å². The fraction of sp³-hybridized carbons (Fsp3) is 0.333. The van der Waals surface area contributed by atoms with E-state index in [-0.39, 0.29) is 0 Å². The molecule has 0 aliphatic heterocycles. The standard InChI is InChI=1S/C12H15BrN4OS/c1-2-5-18-12-10(14)11(16-7-17-12)15-6-8-3-4-9(13)19-8/h3-4,7H,2,5-6,14H2,1H3,(H,15,16,17). The lowest BCUT2D eigenvalue weighted by Gasteiger charge is -2.10. The van der Waals surface area contributed by atoms with Gasteiger partial charge in [0.2, 0.25) is 5.88 Å². The number of aromatic nitrogens is 2. The number of hydrogen-bond acceptors (Lipinski definition) is 6. The lowest BCUT2D eigenvalue weighted by molar-refractivity contribution is 0.306. The lowest BCUT2D eigenvalue weighted by Crippen LogP contribution is -2.07. The lowest BCUT2D eigenvalue weighted by atomic mass is 10.4. The number of nitrogens with zero attached hydrogens (tertiary/aromatic N) is 2. The van der Waals surface area contributed by atoms with Crippen LogP contribution in [0.5, 0.6) is 5.88 Å². The van der Waals surface area contributed by atoms with E-state index in [9.17, 15) is 0 Å². The molecule has 2 aromatic rings. The second kappa shape index (κ2) is 6.72. The Kier molecular flexibility index (Phi) is 4.98. The van der Waals surface area contributed by atoms with Gasteiger partial charge in [0, 0.05) is 4.88 Å². The zero-order chi connectivity index (χ0) is 13.7. The molecule has 0 saturated heterocycles. The maximum atomic E-state index is 5.98. The number of rotatable bonds is 6. The second-order valence-electron chi connectivity index (χ2n) is 3.85. The van der Waals surface area contributed by atoms with Gasteiger partial charge in [-0.2, -0.15) is 4.98 Å². The smallest absolute Gasteiger partial charge is 0.242 e. The van der Waals surface area contributed by atoms with E-state index in [1.807, 2.05) is 19.1 Å². The van der Waals surface area contributed by atoms with E-state index < -0.39 is 0 Å². The van der Waals surface area contributed by atoms with Crippen LogP contribution in [-0.2, 0) is 6.54 Å². The number of nitrogens with two attached hydrogens (primary N) is 1. The van der Waals surface area contributed by atoms with E-state index in [4.69, 9.17) is 10.5 Å². The van der Waals surface area contributed by atoms with Gasteiger partial charge in [-0.15, -0.1) is 11.3 Å². The first-order valence-electron chi connectivity index (χ1n) is 5.92. The molecule has 0 aliphatic rings. The van der Waals surface area contributed by atoms with Gasteiger partial charge in [-0.05, 0) is 34.5 Å². The molecule has 0 aliphatic carbocycles. The molecule has 7 heteroatoms. The SMILES string of the molecule is CCCOc1ncnc(NCc2ccc(Br)s2)c1N. The summed E-state index contributed by atoms with van der Waals surface area (Å²) in [6.45, 7) is 3.30. The van der Waals surface area contributed by atoms with Gasteiger partial charge in [0.05, 0.1) is 16.9 Å². The molecule has 0 radical (unpaired) electrons. The molecule has 0 bridgehead atoms. The van der Waals surface area contributed by atoms with Crippen molar-refractivity contribution in [2.24, 2.45) is 0 Å². The Morgan fingerprint density at radius 3 is 2.95 bits per heavy atom. The molecule has 3 N–H and O–H groups in total. The van der Waals surface area contributed by atoms with E-state index >= 15 is 0 Å². The molecule has 102 valence electrons. The molecular formula is C12H15BrN4OS. The van der Waals surface area contributed by atoms with Gasteiger partial charge in [-0.25, -0.2) is 4.98 Å². The van der Waals surface area contributed by atoms with Crippen molar-refractivity contribution < 1.29 is 4.74 Å². The molecule has 5 nitrogen and oxygen atoms in total. The summed E-state index contributed by atoms with van der Waals surface area (Å²) in [7, 11) is 0. The van der Waals surface area contributed by atoms with Crippen LogP contribution in [-0.4, -0.2) is 16.6 Å². The number of anilines is 2. The van der Waals surface area contributed by atoms with Crippen LogP contribution in [0, 0.1) is 0 Å². The molecule has 2 aromatic heterocycles. The predicted molar refractivity (Wildman–Crippen MR) is 81.6 cm³/mol. The summed E-state index contributed by atoms with van der Waals surface area (Å²) >= 11 is 5.10. The Balaban J connectivity index is 2.03. The Morgan fingerprint density at radius 2 is 2.26 bits per heavy atom. The molecular weight excluding hydrogens is 328 g/mol. The van der Waals surface area contributed by atoms with Crippen LogP contribution in [0.4, 0.5) is 11.5 Å². The maximum Gasteiger partial charge on any atom is 0.242 e. The fourth-order valence-corrected chi connectivity index (χ4v) is 2.87. The predicted octanol–water partition coefficient (Wildman–Crippen LogP) is 3.28. The largest absolute Gasteiger partial charge is 0.476 e. The summed E-state index contributed by atoms with van der Waals surface area (Å²) in [6.07, 6.45) is 2.36. The summed E-state index contributed by atoms with van der Waals surface area (Å²) in [4.78, 5) is 9.36. The van der Waals surface area contributed by atoms with Crippen molar-refractivity contribution in [3.8, 4) is 5.88 Å². The molecule has 0 saturated carbocycles. The third kappa shape index (κ3) is 3.81. The number of nitrogens with one attached hydrogen (secondary N) is 1. The van der Waals surface area contributed by atoms with Crippen molar-refractivity contribution in [3.05, 3.63) is 27.1 Å². The summed E-state index contributed by atoms with van der Waals surface area (Å²) in [5.74, 6) is 1.04. The first-order chi connectivity index (χ1) is 9.20. The fourth-order valence-electron chi connectivity index (χ4n) is 1.45. The number of halogens is 1. The minimum atomic E-state index is 0.437. The van der Waals surface area contributed by atoms with E-state index in [1.54, 1.807) is 11.3 Å². The van der Waals surface area contributed by atoms with E-state index in [1.165, 1.54) is 11.2 Å². The molecule has 2 heterocycles. The monoisotopic (exact) mass is 342 g/mol. The Hall–Kier alpha value is -1.34. The Bertz CT molecular complexity index is 546. The number of ether oxygens (including phenoxy) is 1. The van der Waals surface area contributed by atoms with E-state index in [0.29, 0.717) is 30.5 Å². The normalized spacial score (nSPS) is 10.4.